The standard InChI is InChI=1S/C12H15Cl2NO2/c13-7-2-1-3-8-17-12(16)15-11-6-4-5-10(14)9-11/h4-6,9H,1-3,7-8H2,(H,15,16). The van der Waals surface area contributed by atoms with E-state index in [-0.39, 0.29) is 0 Å². The molecule has 17 heavy (non-hydrogen) atoms. The molecule has 5 heteroatoms. The topological polar surface area (TPSA) is 38.3 Å². The Hall–Kier alpha value is -0.930. The van der Waals surface area contributed by atoms with Gasteiger partial charge in [0.2, 0.25) is 0 Å². The van der Waals surface area contributed by atoms with Crippen LogP contribution < -0.4 is 5.32 Å². The van der Waals surface area contributed by atoms with Gasteiger partial charge in [-0.2, -0.15) is 0 Å². The lowest BCUT2D eigenvalue weighted by molar-refractivity contribution is 0.159. The fraction of sp³-hybridized carbons (Fsp3) is 0.417. The van der Waals surface area contributed by atoms with Crippen LogP contribution in [0.3, 0.4) is 0 Å². The van der Waals surface area contributed by atoms with E-state index in [1.54, 1.807) is 24.3 Å². The minimum absolute atomic E-state index is 0.406. The zero-order valence-corrected chi connectivity index (χ0v) is 10.9. The Kier molecular flexibility index (Phi) is 6.82. The van der Waals surface area contributed by atoms with E-state index in [1.807, 2.05) is 0 Å². The number of unbranched alkanes of at least 4 members (excludes halogenated alkanes) is 2. The molecule has 0 atom stereocenters. The number of benzene rings is 1. The second-order valence-corrected chi connectivity index (χ2v) is 4.34. The molecule has 0 saturated carbocycles. The molecule has 0 radical (unpaired) electrons. The third kappa shape index (κ3) is 6.39. The largest absolute Gasteiger partial charge is 0.449 e. The quantitative estimate of drug-likeness (QED) is 0.621. The molecule has 94 valence electrons. The van der Waals surface area contributed by atoms with E-state index in [2.05, 4.69) is 5.32 Å². The van der Waals surface area contributed by atoms with Gasteiger partial charge in [0.25, 0.3) is 0 Å². The SMILES string of the molecule is O=C(Nc1cccc(Cl)c1)OCCCCCCl. The van der Waals surface area contributed by atoms with Gasteiger partial charge in [-0.3, -0.25) is 5.32 Å². The van der Waals surface area contributed by atoms with Crippen molar-refractivity contribution >= 4 is 35.0 Å². The number of alkyl halides is 1. The first-order chi connectivity index (χ1) is 8.22. The van der Waals surface area contributed by atoms with Crippen molar-refractivity contribution in [1.82, 2.24) is 0 Å². The average molecular weight is 276 g/mol. The number of halogens is 2. The van der Waals surface area contributed by atoms with Crippen LogP contribution in [-0.4, -0.2) is 18.6 Å². The van der Waals surface area contributed by atoms with Crippen LogP contribution in [-0.2, 0) is 4.74 Å². The predicted molar refractivity (Wildman–Crippen MR) is 71.0 cm³/mol. The van der Waals surface area contributed by atoms with Gasteiger partial charge >= 0.3 is 6.09 Å². The molecule has 1 rings (SSSR count). The molecular weight excluding hydrogens is 261 g/mol. The zero-order valence-electron chi connectivity index (χ0n) is 9.42. The van der Waals surface area contributed by atoms with Gasteiger partial charge in [-0.25, -0.2) is 4.79 Å². The molecule has 3 nitrogen and oxygen atoms in total. The molecular formula is C12H15Cl2NO2. The van der Waals surface area contributed by atoms with Gasteiger partial charge in [0, 0.05) is 16.6 Å². The second-order valence-electron chi connectivity index (χ2n) is 3.52. The number of carbonyl (C=O) groups is 1. The summed E-state index contributed by atoms with van der Waals surface area (Å²) in [5, 5.41) is 3.18. The molecule has 1 aromatic carbocycles. The van der Waals surface area contributed by atoms with Gasteiger partial charge in [-0.05, 0) is 37.5 Å². The summed E-state index contributed by atoms with van der Waals surface area (Å²) >= 11 is 11.3. The molecule has 0 bridgehead atoms. The van der Waals surface area contributed by atoms with Crippen molar-refractivity contribution in [2.24, 2.45) is 0 Å². The number of hydrogen-bond acceptors (Lipinski definition) is 2. The first-order valence-corrected chi connectivity index (χ1v) is 6.39. The highest BCUT2D eigenvalue weighted by atomic mass is 35.5. The smallest absolute Gasteiger partial charge is 0.411 e. The maximum atomic E-state index is 11.4. The number of nitrogens with one attached hydrogen (secondary N) is 1. The minimum Gasteiger partial charge on any atom is -0.449 e. The van der Waals surface area contributed by atoms with E-state index >= 15 is 0 Å². The van der Waals surface area contributed by atoms with Crippen LogP contribution in [0.5, 0.6) is 0 Å². The highest BCUT2D eigenvalue weighted by Gasteiger charge is 2.02. The van der Waals surface area contributed by atoms with Crippen molar-refractivity contribution in [3.8, 4) is 0 Å². The van der Waals surface area contributed by atoms with Crippen LogP contribution >= 0.6 is 23.2 Å². The summed E-state index contributed by atoms with van der Waals surface area (Å²) in [6.45, 7) is 0.406. The lowest BCUT2D eigenvalue weighted by atomic mass is 10.3. The van der Waals surface area contributed by atoms with Crippen LogP contribution in [0, 0.1) is 0 Å². The van der Waals surface area contributed by atoms with Crippen molar-refractivity contribution in [3.05, 3.63) is 29.3 Å². The Bertz CT molecular complexity index is 358. The molecule has 1 N–H and O–H groups in total. The predicted octanol–water partition coefficient (Wildman–Crippen LogP) is 4.30. The first-order valence-electron chi connectivity index (χ1n) is 5.47. The number of amides is 1. The second kappa shape index (κ2) is 8.20. The van der Waals surface area contributed by atoms with E-state index in [0.717, 1.165) is 19.3 Å². The maximum Gasteiger partial charge on any atom is 0.411 e. The van der Waals surface area contributed by atoms with Crippen LogP contribution in [0.4, 0.5) is 10.5 Å². The van der Waals surface area contributed by atoms with Gasteiger partial charge < -0.3 is 4.74 Å². The highest BCUT2D eigenvalue weighted by molar-refractivity contribution is 6.30. The molecule has 0 unspecified atom stereocenters. The Morgan fingerprint density at radius 1 is 1.29 bits per heavy atom. The number of carbonyl (C=O) groups excluding carboxylic acids is 1. The normalized spacial score (nSPS) is 10.0. The molecule has 0 aliphatic rings. The number of rotatable bonds is 6. The Labute approximate surface area is 111 Å². The summed E-state index contributed by atoms with van der Waals surface area (Å²) in [5.41, 5.74) is 0.628. The van der Waals surface area contributed by atoms with Crippen LogP contribution in [0.15, 0.2) is 24.3 Å². The first kappa shape index (κ1) is 14.1. The molecule has 0 aromatic heterocycles. The molecule has 0 saturated heterocycles. The fourth-order valence-electron chi connectivity index (χ4n) is 1.26. The number of anilines is 1. The van der Waals surface area contributed by atoms with Crippen LogP contribution in [0.1, 0.15) is 19.3 Å². The molecule has 0 spiro atoms. The summed E-state index contributed by atoms with van der Waals surface area (Å²) in [7, 11) is 0. The fourth-order valence-corrected chi connectivity index (χ4v) is 1.64. The average Bonchev–Trinajstić information content (AvgIpc) is 2.29. The Morgan fingerprint density at radius 3 is 2.82 bits per heavy atom. The van der Waals surface area contributed by atoms with Crippen molar-refractivity contribution < 1.29 is 9.53 Å². The zero-order chi connectivity index (χ0) is 12.5. The van der Waals surface area contributed by atoms with Gasteiger partial charge in [0.05, 0.1) is 6.61 Å². The van der Waals surface area contributed by atoms with Crippen molar-refractivity contribution in [2.45, 2.75) is 19.3 Å². The van der Waals surface area contributed by atoms with Crippen LogP contribution in [0.2, 0.25) is 5.02 Å². The maximum absolute atomic E-state index is 11.4. The van der Waals surface area contributed by atoms with E-state index in [0.29, 0.717) is 23.2 Å². The minimum atomic E-state index is -0.460. The molecule has 1 amide bonds. The van der Waals surface area contributed by atoms with Gasteiger partial charge in [-0.15, -0.1) is 11.6 Å². The number of ether oxygens (including phenoxy) is 1. The van der Waals surface area contributed by atoms with E-state index in [1.165, 1.54) is 0 Å². The monoisotopic (exact) mass is 275 g/mol. The summed E-state index contributed by atoms with van der Waals surface area (Å²) in [6.07, 6.45) is 2.28. The summed E-state index contributed by atoms with van der Waals surface area (Å²) in [5.74, 6) is 0.648. The molecule has 0 aliphatic carbocycles. The van der Waals surface area contributed by atoms with E-state index < -0.39 is 6.09 Å². The van der Waals surface area contributed by atoms with Crippen molar-refractivity contribution in [2.75, 3.05) is 17.8 Å². The van der Waals surface area contributed by atoms with E-state index in [9.17, 15) is 4.79 Å². The molecule has 0 aliphatic heterocycles. The van der Waals surface area contributed by atoms with Gasteiger partial charge in [0.15, 0.2) is 0 Å². The molecule has 0 heterocycles. The van der Waals surface area contributed by atoms with Crippen molar-refractivity contribution in [1.29, 1.82) is 0 Å². The Balaban J connectivity index is 2.21. The van der Waals surface area contributed by atoms with E-state index in [4.69, 9.17) is 27.9 Å². The lowest BCUT2D eigenvalue weighted by Gasteiger charge is -2.06. The summed E-state index contributed by atoms with van der Waals surface area (Å²) in [4.78, 5) is 11.4. The molecule has 1 aromatic rings. The van der Waals surface area contributed by atoms with Gasteiger partial charge in [0.1, 0.15) is 0 Å². The van der Waals surface area contributed by atoms with Crippen molar-refractivity contribution in [3.63, 3.8) is 0 Å². The highest BCUT2D eigenvalue weighted by Crippen LogP contribution is 2.14. The van der Waals surface area contributed by atoms with Crippen LogP contribution in [0.25, 0.3) is 0 Å². The Morgan fingerprint density at radius 2 is 2.12 bits per heavy atom. The van der Waals surface area contributed by atoms with Gasteiger partial charge in [-0.1, -0.05) is 17.7 Å². The summed E-state index contributed by atoms with van der Waals surface area (Å²) in [6, 6.07) is 6.92. The third-order valence-corrected chi connectivity index (χ3v) is 2.58. The lowest BCUT2D eigenvalue weighted by Crippen LogP contribution is -2.14. The molecule has 0 fully saturated rings. The third-order valence-electron chi connectivity index (χ3n) is 2.08. The summed E-state index contributed by atoms with van der Waals surface area (Å²) < 4.78 is 5.00. The number of hydrogen-bond donors (Lipinski definition) is 1.